The molecule has 0 spiro atoms. The average molecular weight is 362 g/mol. The van der Waals surface area contributed by atoms with Gasteiger partial charge < -0.3 is 14.6 Å². The van der Waals surface area contributed by atoms with Crippen LogP contribution in [0.4, 0.5) is 0 Å². The molecule has 0 aromatic heterocycles. The van der Waals surface area contributed by atoms with Crippen LogP contribution in [-0.4, -0.2) is 72.3 Å². The third-order valence-electron chi connectivity index (χ3n) is 2.83. The third kappa shape index (κ3) is 6.86. The zero-order valence-electron chi connectivity index (χ0n) is 12.7. The van der Waals surface area contributed by atoms with Gasteiger partial charge in [0.1, 0.15) is 12.2 Å². The molecule has 1 heterocycles. The van der Waals surface area contributed by atoms with Crippen LogP contribution in [0.3, 0.4) is 0 Å². The highest BCUT2D eigenvalue weighted by molar-refractivity contribution is 7.86. The number of aliphatic hydroxyl groups is 1. The number of rotatable bonds is 9. The van der Waals surface area contributed by atoms with Crippen LogP contribution in [-0.2, 0) is 38.1 Å². The Morgan fingerprint density at radius 1 is 1.09 bits per heavy atom. The zero-order chi connectivity index (χ0) is 17.0. The van der Waals surface area contributed by atoms with Gasteiger partial charge in [-0.2, -0.15) is 16.8 Å². The first kappa shape index (κ1) is 19.7. The van der Waals surface area contributed by atoms with E-state index in [1.54, 1.807) is 0 Å². The van der Waals surface area contributed by atoms with Gasteiger partial charge in [0.15, 0.2) is 12.4 Å². The SMILES string of the molecule is CCCCO[C@@H]1[C@@H](OS(C)(=O)=O)[C@H](O)O[C@@H]1COS(C)(=O)=O. The lowest BCUT2D eigenvalue weighted by Gasteiger charge is -2.22. The van der Waals surface area contributed by atoms with Crippen LogP contribution in [0.15, 0.2) is 0 Å². The van der Waals surface area contributed by atoms with Gasteiger partial charge in [0.2, 0.25) is 0 Å². The lowest BCUT2D eigenvalue weighted by atomic mass is 10.1. The smallest absolute Gasteiger partial charge is 0.264 e. The van der Waals surface area contributed by atoms with Crippen LogP contribution in [0.25, 0.3) is 0 Å². The van der Waals surface area contributed by atoms with Crippen molar-refractivity contribution >= 4 is 20.2 Å². The summed E-state index contributed by atoms with van der Waals surface area (Å²) in [4.78, 5) is 0. The first-order chi connectivity index (χ1) is 10.0. The highest BCUT2D eigenvalue weighted by Gasteiger charge is 2.47. The molecule has 1 N–H and O–H groups in total. The van der Waals surface area contributed by atoms with Gasteiger partial charge in [-0.25, -0.2) is 0 Å². The monoisotopic (exact) mass is 362 g/mol. The maximum atomic E-state index is 11.3. The number of aliphatic hydroxyl groups excluding tert-OH is 1. The predicted molar refractivity (Wildman–Crippen MR) is 76.0 cm³/mol. The van der Waals surface area contributed by atoms with Gasteiger partial charge in [-0.1, -0.05) is 13.3 Å². The number of hydrogen-bond acceptors (Lipinski definition) is 9. The summed E-state index contributed by atoms with van der Waals surface area (Å²) in [5.74, 6) is 0. The molecule has 9 nitrogen and oxygen atoms in total. The van der Waals surface area contributed by atoms with Gasteiger partial charge in [0.05, 0.1) is 19.1 Å². The van der Waals surface area contributed by atoms with E-state index >= 15 is 0 Å². The van der Waals surface area contributed by atoms with Crippen molar-refractivity contribution in [1.82, 2.24) is 0 Å². The summed E-state index contributed by atoms with van der Waals surface area (Å²) < 4.78 is 64.6. The maximum absolute atomic E-state index is 11.3. The molecule has 1 saturated heterocycles. The van der Waals surface area contributed by atoms with Crippen molar-refractivity contribution in [3.63, 3.8) is 0 Å². The molecule has 4 atom stereocenters. The van der Waals surface area contributed by atoms with Crippen LogP contribution in [0, 0.1) is 0 Å². The Balaban J connectivity index is 2.81. The molecule has 0 amide bonds. The van der Waals surface area contributed by atoms with Crippen LogP contribution in [0.1, 0.15) is 19.8 Å². The molecule has 0 aromatic rings. The topological polar surface area (TPSA) is 125 Å². The fourth-order valence-electron chi connectivity index (χ4n) is 1.90. The van der Waals surface area contributed by atoms with Gasteiger partial charge >= 0.3 is 0 Å². The molecule has 0 radical (unpaired) electrons. The Morgan fingerprint density at radius 3 is 2.23 bits per heavy atom. The van der Waals surface area contributed by atoms with E-state index < -0.39 is 51.4 Å². The summed E-state index contributed by atoms with van der Waals surface area (Å²) in [6.45, 7) is 1.82. The van der Waals surface area contributed by atoms with E-state index in [0.717, 1.165) is 18.9 Å². The Kier molecular flexibility index (Phi) is 7.18. The molecular formula is C11H22O9S2. The van der Waals surface area contributed by atoms with E-state index in [1.165, 1.54) is 0 Å². The average Bonchev–Trinajstić information content (AvgIpc) is 2.62. The Hall–Kier alpha value is -0.300. The summed E-state index contributed by atoms with van der Waals surface area (Å²) in [7, 11) is -7.56. The number of unbranched alkanes of at least 4 members (excludes halogenated alkanes) is 1. The summed E-state index contributed by atoms with van der Waals surface area (Å²) in [5.41, 5.74) is 0. The largest absolute Gasteiger partial charge is 0.372 e. The summed E-state index contributed by atoms with van der Waals surface area (Å²) in [6, 6.07) is 0. The first-order valence-corrected chi connectivity index (χ1v) is 10.3. The minimum Gasteiger partial charge on any atom is -0.372 e. The van der Waals surface area contributed by atoms with E-state index in [2.05, 4.69) is 4.18 Å². The minimum atomic E-state index is -3.85. The van der Waals surface area contributed by atoms with Gasteiger partial charge in [-0.15, -0.1) is 0 Å². The first-order valence-electron chi connectivity index (χ1n) is 6.71. The van der Waals surface area contributed by atoms with Crippen LogP contribution in [0.5, 0.6) is 0 Å². The van der Waals surface area contributed by atoms with Crippen molar-refractivity contribution in [1.29, 1.82) is 0 Å². The van der Waals surface area contributed by atoms with Crippen LogP contribution >= 0.6 is 0 Å². The Labute approximate surface area is 130 Å². The quantitative estimate of drug-likeness (QED) is 0.415. The molecule has 0 saturated carbocycles. The Morgan fingerprint density at radius 2 is 1.73 bits per heavy atom. The number of ether oxygens (including phenoxy) is 2. The zero-order valence-corrected chi connectivity index (χ0v) is 14.3. The van der Waals surface area contributed by atoms with Crippen molar-refractivity contribution in [3.8, 4) is 0 Å². The molecule has 0 aliphatic carbocycles. The fourth-order valence-corrected chi connectivity index (χ4v) is 2.89. The standard InChI is InChI=1S/C11H22O9S2/c1-4-5-6-17-9-8(7-18-21(2,13)14)19-11(12)10(9)20-22(3,15)16/h8-12H,4-7H2,1-3H3/t8-,9+,10-,11-/m1/s1. The van der Waals surface area contributed by atoms with Gasteiger partial charge in [0, 0.05) is 6.61 Å². The van der Waals surface area contributed by atoms with E-state index in [-0.39, 0.29) is 6.61 Å². The highest BCUT2D eigenvalue weighted by atomic mass is 32.2. The van der Waals surface area contributed by atoms with Gasteiger partial charge in [-0.05, 0) is 6.42 Å². The minimum absolute atomic E-state index is 0.288. The molecular weight excluding hydrogens is 340 g/mol. The fraction of sp³-hybridized carbons (Fsp3) is 1.00. The molecule has 1 fully saturated rings. The van der Waals surface area contributed by atoms with Crippen molar-refractivity contribution in [3.05, 3.63) is 0 Å². The van der Waals surface area contributed by atoms with E-state index in [1.807, 2.05) is 6.92 Å². The lowest BCUT2D eigenvalue weighted by molar-refractivity contribution is -0.125. The third-order valence-corrected chi connectivity index (χ3v) is 3.96. The van der Waals surface area contributed by atoms with Crippen LogP contribution in [0.2, 0.25) is 0 Å². The van der Waals surface area contributed by atoms with Gasteiger partial charge in [-0.3, -0.25) is 8.37 Å². The molecule has 11 heteroatoms. The summed E-state index contributed by atoms with van der Waals surface area (Å²) in [5, 5.41) is 9.78. The molecule has 0 unspecified atom stereocenters. The molecule has 132 valence electrons. The molecule has 1 rings (SSSR count). The lowest BCUT2D eigenvalue weighted by Crippen LogP contribution is -2.40. The summed E-state index contributed by atoms with van der Waals surface area (Å²) >= 11 is 0. The summed E-state index contributed by atoms with van der Waals surface area (Å²) in [6.07, 6.45) is -1.50. The molecule has 0 bridgehead atoms. The molecule has 0 aromatic carbocycles. The van der Waals surface area contributed by atoms with E-state index in [0.29, 0.717) is 6.42 Å². The second-order valence-corrected chi connectivity index (χ2v) is 8.25. The Bertz CT molecular complexity index is 542. The van der Waals surface area contributed by atoms with E-state index in [4.69, 9.17) is 13.7 Å². The van der Waals surface area contributed by atoms with Crippen molar-refractivity contribution < 1.29 is 39.8 Å². The molecule has 22 heavy (non-hydrogen) atoms. The van der Waals surface area contributed by atoms with Crippen molar-refractivity contribution in [2.24, 2.45) is 0 Å². The second-order valence-electron chi connectivity index (χ2n) is 5.01. The van der Waals surface area contributed by atoms with Crippen molar-refractivity contribution in [2.75, 3.05) is 25.7 Å². The normalized spacial score (nSPS) is 29.8. The molecule has 1 aliphatic rings. The second kappa shape index (κ2) is 7.99. The number of hydrogen-bond donors (Lipinski definition) is 1. The highest BCUT2D eigenvalue weighted by Crippen LogP contribution is 2.27. The van der Waals surface area contributed by atoms with Crippen molar-refractivity contribution in [2.45, 2.75) is 44.4 Å². The van der Waals surface area contributed by atoms with Crippen LogP contribution < -0.4 is 0 Å². The predicted octanol–water partition coefficient (Wildman–Crippen LogP) is -0.790. The maximum Gasteiger partial charge on any atom is 0.264 e. The van der Waals surface area contributed by atoms with E-state index in [9.17, 15) is 21.9 Å². The van der Waals surface area contributed by atoms with Gasteiger partial charge in [0.25, 0.3) is 20.2 Å². The molecule has 1 aliphatic heterocycles.